The Morgan fingerprint density at radius 1 is 1.31 bits per heavy atom. The largest absolute Gasteiger partial charge is 0.441 e. The third-order valence-corrected chi connectivity index (χ3v) is 2.52. The second-order valence-corrected chi connectivity index (χ2v) is 3.93. The molecule has 3 nitrogen and oxygen atoms in total. The number of rotatable bonds is 4. The summed E-state index contributed by atoms with van der Waals surface area (Å²) in [6.07, 6.45) is 2.61. The molecule has 0 aliphatic rings. The van der Waals surface area contributed by atoms with Gasteiger partial charge in [0.2, 0.25) is 5.89 Å². The number of nitrogens with zero attached hydrogens (tertiary/aromatic N) is 1. The maximum Gasteiger partial charge on any atom is 0.226 e. The molecule has 16 heavy (non-hydrogen) atoms. The zero-order valence-electron chi connectivity index (χ0n) is 9.03. The first-order valence-electron chi connectivity index (χ1n) is 5.15. The van der Waals surface area contributed by atoms with Crippen LogP contribution in [0.25, 0.3) is 11.5 Å². The van der Waals surface area contributed by atoms with Crippen molar-refractivity contribution in [3.63, 3.8) is 0 Å². The highest BCUT2D eigenvalue weighted by atomic mass is 35.5. The van der Waals surface area contributed by atoms with Crippen LogP contribution in [0.4, 0.5) is 0 Å². The molecule has 0 aliphatic heterocycles. The summed E-state index contributed by atoms with van der Waals surface area (Å²) in [5.74, 6) is 1.53. The van der Waals surface area contributed by atoms with Crippen LogP contribution in [-0.2, 0) is 6.42 Å². The molecule has 0 radical (unpaired) electrons. The van der Waals surface area contributed by atoms with Crippen molar-refractivity contribution in [3.05, 3.63) is 41.2 Å². The molecular formula is C12H13ClN2O. The molecule has 0 spiro atoms. The highest BCUT2D eigenvalue weighted by Gasteiger charge is 2.05. The average molecular weight is 237 g/mol. The van der Waals surface area contributed by atoms with E-state index in [0.29, 0.717) is 10.9 Å². The number of aromatic nitrogens is 1. The average Bonchev–Trinajstić information content (AvgIpc) is 2.76. The summed E-state index contributed by atoms with van der Waals surface area (Å²) in [7, 11) is 1.91. The van der Waals surface area contributed by atoms with E-state index < -0.39 is 0 Å². The summed E-state index contributed by atoms with van der Waals surface area (Å²) in [5.41, 5.74) is 0.945. The first kappa shape index (κ1) is 11.2. The standard InChI is InChI=1S/C12H13ClN2O/c1-14-7-6-11-8-15-12(16-11)9-2-4-10(13)5-3-9/h2-5,8,14H,6-7H2,1H3. The summed E-state index contributed by atoms with van der Waals surface area (Å²) < 4.78 is 5.62. The van der Waals surface area contributed by atoms with Crippen molar-refractivity contribution in [3.8, 4) is 11.5 Å². The second kappa shape index (κ2) is 5.14. The maximum atomic E-state index is 5.81. The monoisotopic (exact) mass is 236 g/mol. The van der Waals surface area contributed by atoms with Crippen LogP contribution in [0, 0.1) is 0 Å². The van der Waals surface area contributed by atoms with Crippen molar-refractivity contribution in [2.75, 3.05) is 13.6 Å². The molecule has 0 amide bonds. The molecule has 0 bridgehead atoms. The van der Waals surface area contributed by atoms with Gasteiger partial charge in [-0.05, 0) is 31.3 Å². The van der Waals surface area contributed by atoms with E-state index in [-0.39, 0.29) is 0 Å². The Balaban J connectivity index is 2.15. The van der Waals surface area contributed by atoms with Gasteiger partial charge in [-0.15, -0.1) is 0 Å². The van der Waals surface area contributed by atoms with Crippen LogP contribution in [0.3, 0.4) is 0 Å². The topological polar surface area (TPSA) is 38.1 Å². The van der Waals surface area contributed by atoms with Gasteiger partial charge in [0.1, 0.15) is 5.76 Å². The van der Waals surface area contributed by atoms with Crippen LogP contribution >= 0.6 is 11.6 Å². The minimum Gasteiger partial charge on any atom is -0.441 e. The van der Waals surface area contributed by atoms with Crippen molar-refractivity contribution in [2.24, 2.45) is 0 Å². The van der Waals surface area contributed by atoms with Gasteiger partial charge < -0.3 is 9.73 Å². The number of hydrogen-bond acceptors (Lipinski definition) is 3. The van der Waals surface area contributed by atoms with Crippen molar-refractivity contribution in [1.82, 2.24) is 10.3 Å². The Kier molecular flexibility index (Phi) is 3.59. The van der Waals surface area contributed by atoms with Gasteiger partial charge in [-0.3, -0.25) is 0 Å². The van der Waals surface area contributed by atoms with Crippen LogP contribution in [0.1, 0.15) is 5.76 Å². The summed E-state index contributed by atoms with van der Waals surface area (Å²) in [6.45, 7) is 0.884. The zero-order chi connectivity index (χ0) is 11.4. The van der Waals surface area contributed by atoms with E-state index in [9.17, 15) is 0 Å². The van der Waals surface area contributed by atoms with Crippen molar-refractivity contribution in [1.29, 1.82) is 0 Å². The normalized spacial score (nSPS) is 10.6. The van der Waals surface area contributed by atoms with Gasteiger partial charge in [0, 0.05) is 23.6 Å². The first-order chi connectivity index (χ1) is 7.79. The number of hydrogen-bond donors (Lipinski definition) is 1. The molecule has 2 aromatic rings. The van der Waals surface area contributed by atoms with Crippen molar-refractivity contribution in [2.45, 2.75) is 6.42 Å². The molecule has 2 rings (SSSR count). The number of nitrogens with one attached hydrogen (secondary N) is 1. The van der Waals surface area contributed by atoms with Crippen molar-refractivity contribution >= 4 is 11.6 Å². The van der Waals surface area contributed by atoms with E-state index in [1.165, 1.54) is 0 Å². The van der Waals surface area contributed by atoms with Crippen LogP contribution in [0.5, 0.6) is 0 Å². The molecule has 1 aromatic carbocycles. The summed E-state index contributed by atoms with van der Waals surface area (Å²) >= 11 is 5.81. The second-order valence-electron chi connectivity index (χ2n) is 3.49. The van der Waals surface area contributed by atoms with Gasteiger partial charge in [-0.25, -0.2) is 4.98 Å². The number of oxazole rings is 1. The van der Waals surface area contributed by atoms with E-state index in [1.54, 1.807) is 6.20 Å². The Morgan fingerprint density at radius 3 is 2.75 bits per heavy atom. The van der Waals surface area contributed by atoms with Crippen LogP contribution in [0.15, 0.2) is 34.9 Å². The van der Waals surface area contributed by atoms with Crippen LogP contribution in [0.2, 0.25) is 5.02 Å². The third-order valence-electron chi connectivity index (χ3n) is 2.27. The van der Waals surface area contributed by atoms with Crippen molar-refractivity contribution < 1.29 is 4.42 Å². The highest BCUT2D eigenvalue weighted by Crippen LogP contribution is 2.21. The van der Waals surface area contributed by atoms with Gasteiger partial charge in [0.25, 0.3) is 0 Å². The molecule has 84 valence electrons. The zero-order valence-corrected chi connectivity index (χ0v) is 9.79. The molecule has 0 atom stereocenters. The lowest BCUT2D eigenvalue weighted by Gasteiger charge is -1.96. The minimum absolute atomic E-state index is 0.641. The highest BCUT2D eigenvalue weighted by molar-refractivity contribution is 6.30. The molecule has 1 N–H and O–H groups in total. The third kappa shape index (κ3) is 2.62. The van der Waals surface area contributed by atoms with E-state index in [1.807, 2.05) is 31.3 Å². The Bertz CT molecular complexity index is 450. The molecule has 0 fully saturated rings. The van der Waals surface area contributed by atoms with Gasteiger partial charge in [-0.1, -0.05) is 11.6 Å². The quantitative estimate of drug-likeness (QED) is 0.887. The molecule has 0 aliphatic carbocycles. The molecular weight excluding hydrogens is 224 g/mol. The molecule has 1 aromatic heterocycles. The minimum atomic E-state index is 0.641. The van der Waals surface area contributed by atoms with E-state index in [4.69, 9.17) is 16.0 Å². The lowest BCUT2D eigenvalue weighted by molar-refractivity contribution is 0.512. The van der Waals surface area contributed by atoms with Crippen LogP contribution in [-0.4, -0.2) is 18.6 Å². The lowest BCUT2D eigenvalue weighted by atomic mass is 10.2. The van der Waals surface area contributed by atoms with E-state index >= 15 is 0 Å². The Labute approximate surface area is 99.5 Å². The fraction of sp³-hybridized carbons (Fsp3) is 0.250. The molecule has 0 saturated carbocycles. The fourth-order valence-corrected chi connectivity index (χ4v) is 1.52. The van der Waals surface area contributed by atoms with Crippen LogP contribution < -0.4 is 5.32 Å². The Hall–Kier alpha value is -1.32. The predicted molar refractivity (Wildman–Crippen MR) is 64.6 cm³/mol. The first-order valence-corrected chi connectivity index (χ1v) is 5.52. The van der Waals surface area contributed by atoms with Gasteiger partial charge >= 0.3 is 0 Å². The number of likely N-dealkylation sites (N-methyl/N-ethyl adjacent to an activating group) is 1. The predicted octanol–water partition coefficient (Wildman–Crippen LogP) is 2.76. The van der Waals surface area contributed by atoms with Gasteiger partial charge in [-0.2, -0.15) is 0 Å². The van der Waals surface area contributed by atoms with E-state index in [2.05, 4.69) is 10.3 Å². The maximum absolute atomic E-state index is 5.81. The molecule has 0 saturated heterocycles. The van der Waals surface area contributed by atoms with E-state index in [0.717, 1.165) is 24.3 Å². The lowest BCUT2D eigenvalue weighted by Crippen LogP contribution is -2.09. The van der Waals surface area contributed by atoms with Gasteiger partial charge in [0.05, 0.1) is 6.20 Å². The fourth-order valence-electron chi connectivity index (χ4n) is 1.40. The SMILES string of the molecule is CNCCc1cnc(-c2ccc(Cl)cc2)o1. The Morgan fingerprint density at radius 2 is 2.06 bits per heavy atom. The summed E-state index contributed by atoms with van der Waals surface area (Å²) in [5, 5.41) is 3.78. The van der Waals surface area contributed by atoms with Gasteiger partial charge in [0.15, 0.2) is 0 Å². The molecule has 4 heteroatoms. The molecule has 0 unspecified atom stereocenters. The summed E-state index contributed by atoms with van der Waals surface area (Å²) in [4.78, 5) is 4.23. The smallest absolute Gasteiger partial charge is 0.226 e. The summed E-state index contributed by atoms with van der Waals surface area (Å²) in [6, 6.07) is 7.45. The number of benzene rings is 1. The molecule has 1 heterocycles. The number of halogens is 1.